The second-order valence-corrected chi connectivity index (χ2v) is 4.93. The molecule has 6 heteroatoms. The van der Waals surface area contributed by atoms with Crippen molar-refractivity contribution in [3.8, 4) is 5.75 Å². The number of benzene rings is 1. The first-order valence-electron chi connectivity index (χ1n) is 5.52. The Balaban J connectivity index is 2.22. The lowest BCUT2D eigenvalue weighted by Gasteiger charge is -2.19. The van der Waals surface area contributed by atoms with E-state index in [1.165, 1.54) is 12.1 Å². The summed E-state index contributed by atoms with van der Waals surface area (Å²) in [4.78, 5) is 11.6. The van der Waals surface area contributed by atoms with Crippen molar-refractivity contribution in [1.29, 1.82) is 0 Å². The van der Waals surface area contributed by atoms with Crippen LogP contribution in [0.25, 0.3) is 10.9 Å². The quantitative estimate of drug-likeness (QED) is 0.725. The number of hydrogen-bond donors (Lipinski definition) is 3. The number of rotatable bonds is 1. The number of amides is 1. The molecule has 1 amide bonds. The second-order valence-electron chi connectivity index (χ2n) is 4.93. The molecule has 6 nitrogen and oxygen atoms in total. The zero-order valence-corrected chi connectivity index (χ0v) is 10.4. The zero-order valence-electron chi connectivity index (χ0n) is 10.4. The number of anilines is 1. The first kappa shape index (κ1) is 12.2. The molecule has 0 fully saturated rings. The highest BCUT2D eigenvalue weighted by Crippen LogP contribution is 2.24. The van der Waals surface area contributed by atoms with Gasteiger partial charge in [-0.3, -0.25) is 10.4 Å². The van der Waals surface area contributed by atoms with Crippen LogP contribution in [0.3, 0.4) is 0 Å². The molecule has 0 bridgehead atoms. The number of carbonyl (C=O) groups is 1. The Bertz CT molecular complexity index is 584. The van der Waals surface area contributed by atoms with Gasteiger partial charge in [-0.1, -0.05) is 0 Å². The van der Waals surface area contributed by atoms with Crippen molar-refractivity contribution < 1.29 is 14.6 Å². The van der Waals surface area contributed by atoms with Crippen molar-refractivity contribution in [3.05, 3.63) is 18.2 Å². The topological polar surface area (TPSA) is 87.2 Å². The van der Waals surface area contributed by atoms with Crippen molar-refractivity contribution in [1.82, 2.24) is 10.2 Å². The molecule has 18 heavy (non-hydrogen) atoms. The summed E-state index contributed by atoms with van der Waals surface area (Å²) in [6.07, 6.45) is -0.584. The predicted octanol–water partition coefficient (Wildman–Crippen LogP) is 2.62. The van der Waals surface area contributed by atoms with Crippen LogP contribution in [0.2, 0.25) is 0 Å². The highest BCUT2D eigenvalue weighted by atomic mass is 16.6. The third kappa shape index (κ3) is 2.71. The van der Waals surface area contributed by atoms with Gasteiger partial charge in [0.2, 0.25) is 0 Å². The average Bonchev–Trinajstić information content (AvgIpc) is 2.58. The predicted molar refractivity (Wildman–Crippen MR) is 67.6 cm³/mol. The maximum atomic E-state index is 11.6. The number of nitrogens with one attached hydrogen (secondary N) is 2. The van der Waals surface area contributed by atoms with E-state index in [2.05, 4.69) is 15.5 Å². The molecule has 0 aliphatic rings. The van der Waals surface area contributed by atoms with E-state index in [1.807, 2.05) is 0 Å². The Labute approximate surface area is 104 Å². The van der Waals surface area contributed by atoms with Crippen molar-refractivity contribution in [2.24, 2.45) is 0 Å². The highest BCUT2D eigenvalue weighted by molar-refractivity contribution is 5.97. The van der Waals surface area contributed by atoms with Crippen LogP contribution in [0.1, 0.15) is 20.8 Å². The number of aromatic hydroxyl groups is 1. The zero-order chi connectivity index (χ0) is 13.3. The van der Waals surface area contributed by atoms with E-state index in [9.17, 15) is 9.90 Å². The summed E-state index contributed by atoms with van der Waals surface area (Å²) in [7, 11) is 0. The number of carbonyl (C=O) groups excluding carboxylic acids is 1. The molecular weight excluding hydrogens is 234 g/mol. The van der Waals surface area contributed by atoms with Gasteiger partial charge >= 0.3 is 6.09 Å². The molecule has 1 aromatic carbocycles. The van der Waals surface area contributed by atoms with Crippen LogP contribution in [0.15, 0.2) is 18.2 Å². The van der Waals surface area contributed by atoms with Gasteiger partial charge < -0.3 is 9.84 Å². The fourth-order valence-corrected chi connectivity index (χ4v) is 1.50. The number of aromatic nitrogens is 2. The highest BCUT2D eigenvalue weighted by Gasteiger charge is 2.18. The molecule has 0 saturated carbocycles. The molecule has 0 spiro atoms. The smallest absolute Gasteiger partial charge is 0.413 e. The van der Waals surface area contributed by atoms with Crippen LogP contribution in [0, 0.1) is 0 Å². The second kappa shape index (κ2) is 4.21. The minimum absolute atomic E-state index is 0.108. The molecule has 0 atom stereocenters. The summed E-state index contributed by atoms with van der Waals surface area (Å²) < 4.78 is 5.12. The minimum Gasteiger partial charge on any atom is -0.508 e. The lowest BCUT2D eigenvalue weighted by Crippen LogP contribution is -2.27. The summed E-state index contributed by atoms with van der Waals surface area (Å²) in [5, 5.41) is 19.3. The van der Waals surface area contributed by atoms with E-state index < -0.39 is 11.7 Å². The van der Waals surface area contributed by atoms with Gasteiger partial charge in [0.25, 0.3) is 0 Å². The van der Waals surface area contributed by atoms with Gasteiger partial charge in [0, 0.05) is 5.39 Å². The van der Waals surface area contributed by atoms with E-state index in [4.69, 9.17) is 4.74 Å². The summed E-state index contributed by atoms with van der Waals surface area (Å²) >= 11 is 0. The van der Waals surface area contributed by atoms with Gasteiger partial charge in [-0.15, -0.1) is 0 Å². The lowest BCUT2D eigenvalue weighted by atomic mass is 10.2. The summed E-state index contributed by atoms with van der Waals surface area (Å²) in [6, 6.07) is 4.74. The van der Waals surface area contributed by atoms with Crippen LogP contribution in [0.4, 0.5) is 10.6 Å². The SMILES string of the molecule is CC(C)(C)OC(=O)Nc1n[nH]c2ccc(O)cc12. The summed E-state index contributed by atoms with van der Waals surface area (Å²) in [5.74, 6) is 0.436. The number of nitrogens with zero attached hydrogens (tertiary/aromatic N) is 1. The number of phenolic OH excluding ortho intramolecular Hbond substituents is 1. The summed E-state index contributed by atoms with van der Waals surface area (Å²) in [6.45, 7) is 5.34. The van der Waals surface area contributed by atoms with E-state index in [0.29, 0.717) is 11.2 Å². The molecule has 1 aromatic heterocycles. The van der Waals surface area contributed by atoms with Gasteiger partial charge in [0.1, 0.15) is 11.4 Å². The molecule has 0 aliphatic carbocycles. The van der Waals surface area contributed by atoms with E-state index >= 15 is 0 Å². The number of phenols is 1. The fraction of sp³-hybridized carbons (Fsp3) is 0.333. The first-order chi connectivity index (χ1) is 8.35. The minimum atomic E-state index is -0.584. The molecular formula is C12H15N3O3. The monoisotopic (exact) mass is 249 g/mol. The number of fused-ring (bicyclic) bond motifs is 1. The van der Waals surface area contributed by atoms with Crippen molar-refractivity contribution in [2.45, 2.75) is 26.4 Å². The average molecular weight is 249 g/mol. The Morgan fingerprint density at radius 2 is 2.17 bits per heavy atom. The fourth-order valence-electron chi connectivity index (χ4n) is 1.50. The van der Waals surface area contributed by atoms with E-state index in [-0.39, 0.29) is 5.75 Å². The molecule has 3 N–H and O–H groups in total. The molecule has 96 valence electrons. The Morgan fingerprint density at radius 1 is 1.44 bits per heavy atom. The maximum absolute atomic E-state index is 11.6. The maximum Gasteiger partial charge on any atom is 0.413 e. The first-order valence-corrected chi connectivity index (χ1v) is 5.52. The normalized spacial score (nSPS) is 11.5. The number of hydrogen-bond acceptors (Lipinski definition) is 4. The number of ether oxygens (including phenoxy) is 1. The molecule has 0 aliphatic heterocycles. The lowest BCUT2D eigenvalue weighted by molar-refractivity contribution is 0.0635. The molecule has 0 unspecified atom stereocenters. The van der Waals surface area contributed by atoms with Crippen LogP contribution in [-0.2, 0) is 4.74 Å². The molecule has 1 heterocycles. The third-order valence-corrected chi connectivity index (χ3v) is 2.17. The van der Waals surface area contributed by atoms with Gasteiger partial charge in [-0.25, -0.2) is 4.79 Å². The van der Waals surface area contributed by atoms with Crippen LogP contribution in [-0.4, -0.2) is 27.0 Å². The van der Waals surface area contributed by atoms with Gasteiger partial charge in [-0.05, 0) is 39.0 Å². The standard InChI is InChI=1S/C12H15N3O3/c1-12(2,3)18-11(17)13-10-8-6-7(16)4-5-9(8)14-15-10/h4-6,16H,1-3H3,(H2,13,14,15,17). The largest absolute Gasteiger partial charge is 0.508 e. The van der Waals surface area contributed by atoms with Crippen molar-refractivity contribution in [2.75, 3.05) is 5.32 Å². The molecule has 2 rings (SSSR count). The van der Waals surface area contributed by atoms with Crippen LogP contribution < -0.4 is 5.32 Å². The van der Waals surface area contributed by atoms with Gasteiger partial charge in [0.15, 0.2) is 5.82 Å². The number of H-pyrrole nitrogens is 1. The van der Waals surface area contributed by atoms with Gasteiger partial charge in [0.05, 0.1) is 5.52 Å². The Kier molecular flexibility index (Phi) is 2.86. The van der Waals surface area contributed by atoms with Gasteiger partial charge in [-0.2, -0.15) is 5.10 Å². The third-order valence-electron chi connectivity index (χ3n) is 2.17. The number of aromatic amines is 1. The van der Waals surface area contributed by atoms with Crippen LogP contribution >= 0.6 is 0 Å². The Hall–Kier alpha value is -2.24. The molecule has 0 saturated heterocycles. The van der Waals surface area contributed by atoms with Crippen molar-refractivity contribution >= 4 is 22.8 Å². The van der Waals surface area contributed by atoms with Crippen molar-refractivity contribution in [3.63, 3.8) is 0 Å². The summed E-state index contributed by atoms with van der Waals surface area (Å²) in [5.41, 5.74) is 0.150. The van der Waals surface area contributed by atoms with E-state index in [1.54, 1.807) is 26.8 Å². The van der Waals surface area contributed by atoms with E-state index in [0.717, 1.165) is 5.52 Å². The molecule has 2 aromatic rings. The Morgan fingerprint density at radius 3 is 2.83 bits per heavy atom. The molecule has 0 radical (unpaired) electrons. The van der Waals surface area contributed by atoms with Crippen LogP contribution in [0.5, 0.6) is 5.75 Å².